The molecular weight excluding hydrogens is 332 g/mol. The number of ether oxygens (including phenoxy) is 2. The van der Waals surface area contributed by atoms with Crippen LogP contribution in [0.5, 0.6) is 11.5 Å². The number of methoxy groups -OCH3 is 1. The second-order valence-electron chi connectivity index (χ2n) is 6.16. The molecule has 0 saturated heterocycles. The van der Waals surface area contributed by atoms with Gasteiger partial charge >= 0.3 is 0 Å². The number of hydrogen-bond acceptors (Lipinski definition) is 4. The lowest BCUT2D eigenvalue weighted by molar-refractivity contribution is -0.118. The van der Waals surface area contributed by atoms with Gasteiger partial charge in [-0.05, 0) is 41.8 Å². The largest absolute Gasteiger partial charge is 0.495 e. The highest BCUT2D eigenvalue weighted by Gasteiger charge is 2.10. The fourth-order valence-corrected chi connectivity index (χ4v) is 2.39. The minimum absolute atomic E-state index is 0.130. The predicted molar refractivity (Wildman–Crippen MR) is 102 cm³/mol. The molecule has 0 unspecified atom stereocenters. The molecule has 2 rings (SSSR count). The zero-order chi connectivity index (χ0) is 19.1. The number of carbonyl (C=O) groups excluding carboxylic acids is 2. The Hall–Kier alpha value is -3.02. The quantitative estimate of drug-likeness (QED) is 0.791. The van der Waals surface area contributed by atoms with E-state index >= 15 is 0 Å². The van der Waals surface area contributed by atoms with Gasteiger partial charge in [0.05, 0.1) is 12.8 Å². The number of benzene rings is 2. The highest BCUT2D eigenvalue weighted by atomic mass is 16.5. The maximum atomic E-state index is 12.2. The molecule has 0 saturated carbocycles. The molecular formula is C20H24N2O4. The van der Waals surface area contributed by atoms with Crippen LogP contribution < -0.4 is 20.1 Å². The van der Waals surface area contributed by atoms with Crippen molar-refractivity contribution in [1.29, 1.82) is 0 Å². The number of amides is 2. The normalized spacial score (nSPS) is 10.3. The molecule has 138 valence electrons. The Bertz CT molecular complexity index is 787. The van der Waals surface area contributed by atoms with E-state index in [1.165, 1.54) is 14.0 Å². The number of carbonyl (C=O) groups is 2. The molecule has 0 radical (unpaired) electrons. The molecule has 0 heterocycles. The molecule has 6 nitrogen and oxygen atoms in total. The standard InChI is InChI=1S/C20H24N2O4/c1-13(2)15-6-5-7-17(10-15)26-12-20(24)22-18-11-16(21-14(3)23)8-9-19(18)25-4/h5-11,13H,12H2,1-4H3,(H,21,23)(H,22,24). The fraction of sp³-hybridized carbons (Fsp3) is 0.300. The van der Waals surface area contributed by atoms with Gasteiger partial charge in [0.15, 0.2) is 6.61 Å². The zero-order valence-corrected chi connectivity index (χ0v) is 15.5. The van der Waals surface area contributed by atoms with Crippen molar-refractivity contribution in [3.8, 4) is 11.5 Å². The van der Waals surface area contributed by atoms with Crippen LogP contribution in [0.2, 0.25) is 0 Å². The lowest BCUT2D eigenvalue weighted by Gasteiger charge is -2.13. The van der Waals surface area contributed by atoms with Crippen LogP contribution in [-0.2, 0) is 9.59 Å². The minimum Gasteiger partial charge on any atom is -0.495 e. The number of hydrogen-bond donors (Lipinski definition) is 2. The molecule has 2 aromatic carbocycles. The first-order chi connectivity index (χ1) is 12.4. The minimum atomic E-state index is -0.321. The van der Waals surface area contributed by atoms with Gasteiger partial charge in [-0.1, -0.05) is 26.0 Å². The third kappa shape index (κ3) is 5.51. The summed E-state index contributed by atoms with van der Waals surface area (Å²) >= 11 is 0. The third-order valence-electron chi connectivity index (χ3n) is 3.69. The monoisotopic (exact) mass is 356 g/mol. The molecule has 6 heteroatoms. The van der Waals surface area contributed by atoms with Crippen LogP contribution in [0.1, 0.15) is 32.3 Å². The Morgan fingerprint density at radius 2 is 1.85 bits per heavy atom. The molecule has 2 amide bonds. The molecule has 0 aliphatic rings. The molecule has 0 atom stereocenters. The van der Waals surface area contributed by atoms with E-state index in [1.807, 2.05) is 24.3 Å². The fourth-order valence-electron chi connectivity index (χ4n) is 2.39. The summed E-state index contributed by atoms with van der Waals surface area (Å²) in [5.41, 5.74) is 2.18. The summed E-state index contributed by atoms with van der Waals surface area (Å²) in [5, 5.41) is 5.41. The van der Waals surface area contributed by atoms with E-state index in [4.69, 9.17) is 9.47 Å². The summed E-state index contributed by atoms with van der Waals surface area (Å²) in [6.07, 6.45) is 0. The first kappa shape index (κ1) is 19.3. The van der Waals surface area contributed by atoms with Crippen LogP contribution in [0.25, 0.3) is 0 Å². The molecule has 0 aromatic heterocycles. The highest BCUT2D eigenvalue weighted by Crippen LogP contribution is 2.28. The van der Waals surface area contributed by atoms with Crippen molar-refractivity contribution >= 4 is 23.2 Å². The van der Waals surface area contributed by atoms with Gasteiger partial charge < -0.3 is 20.1 Å². The van der Waals surface area contributed by atoms with Crippen LogP contribution in [0.15, 0.2) is 42.5 Å². The van der Waals surface area contributed by atoms with Gasteiger partial charge in [-0.2, -0.15) is 0 Å². The molecule has 2 aromatic rings. The maximum Gasteiger partial charge on any atom is 0.262 e. The Morgan fingerprint density at radius 3 is 2.50 bits per heavy atom. The first-order valence-electron chi connectivity index (χ1n) is 8.37. The molecule has 0 bridgehead atoms. The summed E-state index contributed by atoms with van der Waals surface area (Å²) < 4.78 is 10.8. The molecule has 0 spiro atoms. The topological polar surface area (TPSA) is 76.7 Å². The molecule has 26 heavy (non-hydrogen) atoms. The van der Waals surface area contributed by atoms with Gasteiger partial charge in [0.1, 0.15) is 11.5 Å². The van der Waals surface area contributed by atoms with Crippen molar-refractivity contribution < 1.29 is 19.1 Å². The maximum absolute atomic E-state index is 12.2. The predicted octanol–water partition coefficient (Wildman–Crippen LogP) is 3.79. The SMILES string of the molecule is COc1ccc(NC(C)=O)cc1NC(=O)COc1cccc(C(C)C)c1. The summed E-state index contributed by atoms with van der Waals surface area (Å²) in [6, 6.07) is 12.7. The average molecular weight is 356 g/mol. The number of anilines is 2. The molecule has 2 N–H and O–H groups in total. The highest BCUT2D eigenvalue weighted by molar-refractivity contribution is 5.95. The van der Waals surface area contributed by atoms with E-state index in [9.17, 15) is 9.59 Å². The van der Waals surface area contributed by atoms with Crippen molar-refractivity contribution in [3.63, 3.8) is 0 Å². The van der Waals surface area contributed by atoms with Gasteiger partial charge in [0, 0.05) is 12.6 Å². The van der Waals surface area contributed by atoms with Crippen molar-refractivity contribution in [2.24, 2.45) is 0 Å². The van der Waals surface area contributed by atoms with Gasteiger partial charge in [0.25, 0.3) is 5.91 Å². The smallest absolute Gasteiger partial charge is 0.262 e. The molecule has 0 aliphatic heterocycles. The summed E-state index contributed by atoms with van der Waals surface area (Å²) in [7, 11) is 1.51. The summed E-state index contributed by atoms with van der Waals surface area (Å²) in [6.45, 7) is 5.48. The first-order valence-corrected chi connectivity index (χ1v) is 8.37. The second-order valence-corrected chi connectivity index (χ2v) is 6.16. The Kier molecular flexibility index (Phi) is 6.60. The van der Waals surface area contributed by atoms with Crippen LogP contribution >= 0.6 is 0 Å². The molecule has 0 fully saturated rings. The van der Waals surface area contributed by atoms with Crippen LogP contribution in [0, 0.1) is 0 Å². The van der Waals surface area contributed by atoms with E-state index in [2.05, 4.69) is 24.5 Å². The van der Waals surface area contributed by atoms with Crippen LogP contribution in [-0.4, -0.2) is 25.5 Å². The number of rotatable bonds is 7. The Balaban J connectivity index is 2.02. The van der Waals surface area contributed by atoms with Crippen molar-refractivity contribution in [3.05, 3.63) is 48.0 Å². The zero-order valence-electron chi connectivity index (χ0n) is 15.5. The lowest BCUT2D eigenvalue weighted by Crippen LogP contribution is -2.20. The van der Waals surface area contributed by atoms with Crippen LogP contribution in [0.4, 0.5) is 11.4 Å². The van der Waals surface area contributed by atoms with Gasteiger partial charge in [-0.25, -0.2) is 0 Å². The Labute approximate surface area is 153 Å². The van der Waals surface area contributed by atoms with Gasteiger partial charge in [-0.3, -0.25) is 9.59 Å². The van der Waals surface area contributed by atoms with E-state index in [0.29, 0.717) is 28.8 Å². The van der Waals surface area contributed by atoms with E-state index in [1.54, 1.807) is 18.2 Å². The van der Waals surface area contributed by atoms with Crippen molar-refractivity contribution in [1.82, 2.24) is 0 Å². The van der Waals surface area contributed by atoms with E-state index in [0.717, 1.165) is 5.56 Å². The van der Waals surface area contributed by atoms with E-state index < -0.39 is 0 Å². The van der Waals surface area contributed by atoms with Gasteiger partial charge in [0.2, 0.25) is 5.91 Å². The lowest BCUT2D eigenvalue weighted by atomic mass is 10.0. The Morgan fingerprint density at radius 1 is 1.08 bits per heavy atom. The average Bonchev–Trinajstić information content (AvgIpc) is 2.60. The number of nitrogens with one attached hydrogen (secondary N) is 2. The van der Waals surface area contributed by atoms with Crippen LogP contribution in [0.3, 0.4) is 0 Å². The molecule has 0 aliphatic carbocycles. The summed E-state index contributed by atoms with van der Waals surface area (Å²) in [5.74, 6) is 1.01. The van der Waals surface area contributed by atoms with Crippen molar-refractivity contribution in [2.45, 2.75) is 26.7 Å². The van der Waals surface area contributed by atoms with E-state index in [-0.39, 0.29) is 18.4 Å². The van der Waals surface area contributed by atoms with Crippen molar-refractivity contribution in [2.75, 3.05) is 24.4 Å². The third-order valence-corrected chi connectivity index (χ3v) is 3.69. The summed E-state index contributed by atoms with van der Waals surface area (Å²) in [4.78, 5) is 23.4. The van der Waals surface area contributed by atoms with Gasteiger partial charge in [-0.15, -0.1) is 0 Å². The second kappa shape index (κ2) is 8.89.